The molecule has 2 aromatic heterocycles. The van der Waals surface area contributed by atoms with Gasteiger partial charge in [-0.05, 0) is 36.8 Å². The minimum Gasteiger partial charge on any atom is -0.486 e. The van der Waals surface area contributed by atoms with Crippen LogP contribution in [0.5, 0.6) is 5.75 Å². The Kier molecular flexibility index (Phi) is 6.05. The first kappa shape index (κ1) is 22.5. The average Bonchev–Trinajstić information content (AvgIpc) is 3.24. The summed E-state index contributed by atoms with van der Waals surface area (Å²) in [6, 6.07) is 9.57. The van der Waals surface area contributed by atoms with E-state index in [2.05, 4.69) is 20.0 Å². The third-order valence-electron chi connectivity index (χ3n) is 6.22. The molecular weight excluding hydrogens is 434 g/mol. The summed E-state index contributed by atoms with van der Waals surface area (Å²) in [5.41, 5.74) is 3.31. The van der Waals surface area contributed by atoms with Gasteiger partial charge in [-0.15, -0.1) is 0 Å². The molecule has 9 heteroatoms. The van der Waals surface area contributed by atoms with Gasteiger partial charge in [0.05, 0.1) is 24.5 Å². The Bertz CT molecular complexity index is 1160. The number of aliphatic hydroxyl groups is 1. The predicted octanol–water partition coefficient (Wildman–Crippen LogP) is 2.64. The Morgan fingerprint density at radius 3 is 2.62 bits per heavy atom. The highest BCUT2D eigenvalue weighted by Crippen LogP contribution is 2.25. The molecule has 4 heterocycles. The maximum atomic E-state index is 12.5. The minimum absolute atomic E-state index is 0.0416. The van der Waals surface area contributed by atoms with Crippen LogP contribution in [0.1, 0.15) is 47.4 Å². The Labute approximate surface area is 198 Å². The number of aliphatic hydroxyl groups excluding tert-OH is 1. The van der Waals surface area contributed by atoms with Crippen LogP contribution in [0.25, 0.3) is 11.3 Å². The number of rotatable bonds is 7. The number of carbonyl (C=O) groups excluding carboxylic acids is 1. The molecule has 0 radical (unpaired) electrons. The molecule has 2 aliphatic heterocycles. The van der Waals surface area contributed by atoms with Crippen LogP contribution in [0.3, 0.4) is 0 Å². The molecule has 5 rings (SSSR count). The summed E-state index contributed by atoms with van der Waals surface area (Å²) in [7, 11) is 0. The van der Waals surface area contributed by atoms with Crippen molar-refractivity contribution >= 4 is 5.91 Å². The van der Waals surface area contributed by atoms with Crippen molar-refractivity contribution in [1.82, 2.24) is 24.9 Å². The van der Waals surface area contributed by atoms with Crippen molar-refractivity contribution in [3.63, 3.8) is 0 Å². The third-order valence-corrected chi connectivity index (χ3v) is 6.22. The van der Waals surface area contributed by atoms with Gasteiger partial charge < -0.3 is 19.3 Å². The number of β-amino-alcohol motifs (C(OH)–C–C–N with tert-alkyl or cyclic N) is 1. The zero-order valence-corrected chi connectivity index (χ0v) is 19.6. The number of aromatic nitrogens is 3. The summed E-state index contributed by atoms with van der Waals surface area (Å²) in [5, 5.41) is 13.4. The van der Waals surface area contributed by atoms with E-state index in [0.29, 0.717) is 31.1 Å². The number of amides is 1. The number of carbonyl (C=O) groups is 1. The Balaban J connectivity index is 1.14. The highest BCUT2D eigenvalue weighted by Gasteiger charge is 2.31. The van der Waals surface area contributed by atoms with E-state index in [1.54, 1.807) is 11.1 Å². The monoisotopic (exact) mass is 463 g/mol. The third kappa shape index (κ3) is 4.67. The van der Waals surface area contributed by atoms with Crippen molar-refractivity contribution in [3.8, 4) is 17.0 Å². The van der Waals surface area contributed by atoms with Gasteiger partial charge in [-0.25, -0.2) is 0 Å². The smallest absolute Gasteiger partial charge is 0.254 e. The average molecular weight is 464 g/mol. The topological polar surface area (TPSA) is 105 Å². The first-order chi connectivity index (χ1) is 16.4. The Morgan fingerprint density at radius 1 is 1.21 bits per heavy atom. The van der Waals surface area contributed by atoms with Gasteiger partial charge in [0.2, 0.25) is 5.89 Å². The second kappa shape index (κ2) is 9.15. The second-order valence-electron chi connectivity index (χ2n) is 9.41. The van der Waals surface area contributed by atoms with Crippen LogP contribution in [0.15, 0.2) is 41.1 Å². The van der Waals surface area contributed by atoms with E-state index in [9.17, 15) is 9.90 Å². The van der Waals surface area contributed by atoms with Gasteiger partial charge in [0.25, 0.3) is 5.91 Å². The van der Waals surface area contributed by atoms with Gasteiger partial charge in [-0.1, -0.05) is 25.1 Å². The number of benzene rings is 1. The molecule has 9 nitrogen and oxygen atoms in total. The van der Waals surface area contributed by atoms with Gasteiger partial charge in [0, 0.05) is 43.2 Å². The number of hydrogen-bond donors (Lipinski definition) is 1. The van der Waals surface area contributed by atoms with Crippen LogP contribution in [0, 0.1) is 6.92 Å². The first-order valence-electron chi connectivity index (χ1n) is 11.6. The summed E-state index contributed by atoms with van der Waals surface area (Å²) >= 11 is 0. The molecule has 2 saturated heterocycles. The summed E-state index contributed by atoms with van der Waals surface area (Å²) < 4.78 is 11.3. The summed E-state index contributed by atoms with van der Waals surface area (Å²) in [5.74, 6) is 2.32. The lowest BCUT2D eigenvalue weighted by Crippen LogP contribution is -2.53. The molecule has 2 fully saturated rings. The number of hydrogen-bond acceptors (Lipinski definition) is 8. The van der Waals surface area contributed by atoms with Crippen molar-refractivity contribution in [2.24, 2.45) is 0 Å². The number of ether oxygens (including phenoxy) is 1. The lowest BCUT2D eigenvalue weighted by Gasteiger charge is -2.37. The number of nitrogens with zero attached hydrogens (tertiary/aromatic N) is 5. The van der Waals surface area contributed by atoms with E-state index in [0.717, 1.165) is 41.5 Å². The zero-order chi connectivity index (χ0) is 23.8. The molecule has 0 bridgehead atoms. The van der Waals surface area contributed by atoms with E-state index in [-0.39, 0.29) is 17.9 Å². The van der Waals surface area contributed by atoms with Crippen LogP contribution in [0.2, 0.25) is 0 Å². The fourth-order valence-electron chi connectivity index (χ4n) is 4.15. The van der Waals surface area contributed by atoms with E-state index >= 15 is 0 Å². The molecule has 3 aromatic rings. The number of aryl methyl sites for hydroxylation is 1. The van der Waals surface area contributed by atoms with Crippen LogP contribution in [-0.2, 0) is 6.54 Å². The van der Waals surface area contributed by atoms with Crippen LogP contribution >= 0.6 is 0 Å². The number of likely N-dealkylation sites (tertiary alicyclic amines) is 2. The second-order valence-corrected chi connectivity index (χ2v) is 9.41. The lowest BCUT2D eigenvalue weighted by molar-refractivity contribution is 0.00584. The molecule has 178 valence electrons. The molecule has 0 aliphatic carbocycles. The molecule has 1 N–H and O–H groups in total. The van der Waals surface area contributed by atoms with E-state index < -0.39 is 6.10 Å². The molecule has 0 unspecified atom stereocenters. The predicted molar refractivity (Wildman–Crippen MR) is 124 cm³/mol. The maximum Gasteiger partial charge on any atom is 0.254 e. The van der Waals surface area contributed by atoms with Crippen molar-refractivity contribution in [1.29, 1.82) is 0 Å². The fourth-order valence-corrected chi connectivity index (χ4v) is 4.15. The number of pyridine rings is 1. The molecule has 2 aliphatic rings. The van der Waals surface area contributed by atoms with Crippen LogP contribution in [-0.4, -0.2) is 74.3 Å². The van der Waals surface area contributed by atoms with Gasteiger partial charge in [-0.3, -0.25) is 14.7 Å². The molecule has 0 atom stereocenters. The SMILES string of the molecule is Cc1cc(-c2ccc(OC3CN(Cc4nc(C(C)C)no4)C3)cn2)ccc1C(=O)N1CC(O)C1. The van der Waals surface area contributed by atoms with Crippen molar-refractivity contribution < 1.29 is 19.2 Å². The summed E-state index contributed by atoms with van der Waals surface area (Å²) in [4.78, 5) is 25.4. The normalized spacial score (nSPS) is 17.0. The molecule has 0 saturated carbocycles. The van der Waals surface area contributed by atoms with Crippen molar-refractivity contribution in [2.75, 3.05) is 26.2 Å². The van der Waals surface area contributed by atoms with E-state index in [1.807, 2.05) is 51.1 Å². The highest BCUT2D eigenvalue weighted by atomic mass is 16.5. The van der Waals surface area contributed by atoms with Crippen molar-refractivity contribution in [2.45, 2.75) is 45.4 Å². The largest absolute Gasteiger partial charge is 0.486 e. The van der Waals surface area contributed by atoms with Gasteiger partial charge in [0.15, 0.2) is 5.82 Å². The maximum absolute atomic E-state index is 12.5. The lowest BCUT2D eigenvalue weighted by atomic mass is 10.0. The first-order valence-corrected chi connectivity index (χ1v) is 11.6. The Hall–Kier alpha value is -3.30. The standard InChI is InChI=1S/C25H29N5O4/c1-15(2)24-27-23(34-28-24)14-29-12-20(13-29)33-19-5-7-22(26-9-19)17-4-6-21(16(3)8-17)25(32)30-10-18(31)11-30/h4-9,15,18,20,31H,10-14H2,1-3H3. The molecule has 1 aromatic carbocycles. The van der Waals surface area contributed by atoms with Gasteiger partial charge >= 0.3 is 0 Å². The molecule has 0 spiro atoms. The molecule has 34 heavy (non-hydrogen) atoms. The zero-order valence-electron chi connectivity index (χ0n) is 19.6. The quantitative estimate of drug-likeness (QED) is 0.570. The van der Waals surface area contributed by atoms with Crippen LogP contribution < -0.4 is 4.74 Å². The molecule has 1 amide bonds. The van der Waals surface area contributed by atoms with E-state index in [1.165, 1.54) is 0 Å². The minimum atomic E-state index is -0.403. The Morgan fingerprint density at radius 2 is 2.00 bits per heavy atom. The fraction of sp³-hybridized carbons (Fsp3) is 0.440. The summed E-state index contributed by atoms with van der Waals surface area (Å²) in [6.07, 6.45) is 1.44. The van der Waals surface area contributed by atoms with Crippen molar-refractivity contribution in [3.05, 3.63) is 59.4 Å². The van der Waals surface area contributed by atoms with Gasteiger partial charge in [-0.2, -0.15) is 4.98 Å². The van der Waals surface area contributed by atoms with Gasteiger partial charge in [0.1, 0.15) is 11.9 Å². The summed E-state index contributed by atoms with van der Waals surface area (Å²) in [6.45, 7) is 9.03. The molecular formula is C25H29N5O4. The highest BCUT2D eigenvalue weighted by molar-refractivity contribution is 5.96. The van der Waals surface area contributed by atoms with Crippen LogP contribution in [0.4, 0.5) is 0 Å². The van der Waals surface area contributed by atoms with E-state index in [4.69, 9.17) is 9.26 Å².